The minimum atomic E-state index is -0.198. The lowest BCUT2D eigenvalue weighted by Crippen LogP contribution is -2.40. The molecule has 3 rings (SSSR count). The number of thioether (sulfide) groups is 1. The number of carbonyl (C=O) groups is 1. The summed E-state index contributed by atoms with van der Waals surface area (Å²) in [5, 5.41) is 1.06. The minimum Gasteiger partial charge on any atom is -0.337 e. The number of hydrogen-bond donors (Lipinski definition) is 0. The molecule has 0 saturated carbocycles. The molecular weight excluding hydrogens is 349 g/mol. The standard InChI is InChI=1S/C18H17Cl2NOS/c1-12(23-17-10-15(19)6-7-16(17)20)18(22)21-9-8-13-4-2-3-5-14(13)11-21/h2-7,10,12H,8-9,11H2,1H3/t12-/m0/s1. The van der Waals surface area contributed by atoms with Gasteiger partial charge in [-0.15, -0.1) is 11.8 Å². The van der Waals surface area contributed by atoms with Gasteiger partial charge in [0.2, 0.25) is 5.91 Å². The molecule has 0 aliphatic carbocycles. The number of rotatable bonds is 3. The molecule has 0 N–H and O–H groups in total. The molecule has 1 heterocycles. The van der Waals surface area contributed by atoms with E-state index in [1.165, 1.54) is 22.9 Å². The van der Waals surface area contributed by atoms with Crippen LogP contribution in [0.15, 0.2) is 47.4 Å². The van der Waals surface area contributed by atoms with Crippen molar-refractivity contribution in [1.29, 1.82) is 0 Å². The summed E-state index contributed by atoms with van der Waals surface area (Å²) in [6.45, 7) is 3.37. The zero-order valence-corrected chi connectivity index (χ0v) is 15.1. The predicted molar refractivity (Wildman–Crippen MR) is 97.3 cm³/mol. The Morgan fingerprint density at radius 1 is 1.17 bits per heavy atom. The van der Waals surface area contributed by atoms with Crippen LogP contribution in [0, 0.1) is 0 Å². The molecule has 1 aliphatic heterocycles. The summed E-state index contributed by atoms with van der Waals surface area (Å²) < 4.78 is 0. The van der Waals surface area contributed by atoms with E-state index in [1.54, 1.807) is 12.1 Å². The summed E-state index contributed by atoms with van der Waals surface area (Å²) in [7, 11) is 0. The van der Waals surface area contributed by atoms with Crippen molar-refractivity contribution >= 4 is 40.9 Å². The van der Waals surface area contributed by atoms with Crippen molar-refractivity contribution in [3.8, 4) is 0 Å². The van der Waals surface area contributed by atoms with E-state index in [0.29, 0.717) is 16.6 Å². The molecule has 120 valence electrons. The van der Waals surface area contributed by atoms with Crippen LogP contribution in [0.1, 0.15) is 18.1 Å². The van der Waals surface area contributed by atoms with Gasteiger partial charge in [-0.1, -0.05) is 47.5 Å². The lowest BCUT2D eigenvalue weighted by atomic mass is 10.00. The van der Waals surface area contributed by atoms with Crippen LogP contribution in [0.2, 0.25) is 10.0 Å². The van der Waals surface area contributed by atoms with Crippen molar-refractivity contribution in [1.82, 2.24) is 4.90 Å². The highest BCUT2D eigenvalue weighted by molar-refractivity contribution is 8.00. The topological polar surface area (TPSA) is 20.3 Å². The molecule has 1 aliphatic rings. The zero-order valence-electron chi connectivity index (χ0n) is 12.8. The van der Waals surface area contributed by atoms with E-state index in [9.17, 15) is 4.79 Å². The number of hydrogen-bond acceptors (Lipinski definition) is 2. The first-order valence-corrected chi connectivity index (χ1v) is 9.15. The second-order valence-corrected chi connectivity index (χ2v) is 7.84. The molecule has 23 heavy (non-hydrogen) atoms. The highest BCUT2D eigenvalue weighted by Gasteiger charge is 2.25. The summed E-state index contributed by atoms with van der Waals surface area (Å²) in [5.41, 5.74) is 2.58. The lowest BCUT2D eigenvalue weighted by Gasteiger charge is -2.30. The largest absolute Gasteiger partial charge is 0.337 e. The summed E-state index contributed by atoms with van der Waals surface area (Å²) in [5.74, 6) is 0.139. The van der Waals surface area contributed by atoms with Crippen molar-refractivity contribution in [2.75, 3.05) is 6.54 Å². The van der Waals surface area contributed by atoms with Crippen molar-refractivity contribution in [3.63, 3.8) is 0 Å². The Kier molecular flexibility index (Phi) is 5.20. The third kappa shape index (κ3) is 3.85. The van der Waals surface area contributed by atoms with Crippen LogP contribution in [0.25, 0.3) is 0 Å². The van der Waals surface area contributed by atoms with Crippen molar-refractivity contribution in [3.05, 3.63) is 63.6 Å². The maximum Gasteiger partial charge on any atom is 0.236 e. The Morgan fingerprint density at radius 3 is 2.70 bits per heavy atom. The van der Waals surface area contributed by atoms with Gasteiger partial charge in [-0.05, 0) is 42.7 Å². The van der Waals surface area contributed by atoms with Gasteiger partial charge in [-0.2, -0.15) is 0 Å². The highest BCUT2D eigenvalue weighted by atomic mass is 35.5. The van der Waals surface area contributed by atoms with E-state index in [-0.39, 0.29) is 11.2 Å². The number of halogens is 2. The lowest BCUT2D eigenvalue weighted by molar-refractivity contribution is -0.131. The van der Waals surface area contributed by atoms with Gasteiger partial charge in [0.1, 0.15) is 0 Å². The molecule has 2 aromatic carbocycles. The van der Waals surface area contributed by atoms with E-state index in [1.807, 2.05) is 24.0 Å². The summed E-state index contributed by atoms with van der Waals surface area (Å²) in [6, 6.07) is 13.6. The Bertz CT molecular complexity index is 735. The van der Waals surface area contributed by atoms with Crippen LogP contribution in [-0.4, -0.2) is 22.6 Å². The van der Waals surface area contributed by atoms with Crippen LogP contribution >= 0.6 is 35.0 Å². The smallest absolute Gasteiger partial charge is 0.236 e. The molecule has 0 fully saturated rings. The number of amides is 1. The van der Waals surface area contributed by atoms with Crippen LogP contribution in [0.5, 0.6) is 0 Å². The fourth-order valence-electron chi connectivity index (χ4n) is 2.75. The molecule has 0 aromatic heterocycles. The highest BCUT2D eigenvalue weighted by Crippen LogP contribution is 2.33. The molecule has 2 nitrogen and oxygen atoms in total. The van der Waals surface area contributed by atoms with Gasteiger partial charge in [0, 0.05) is 23.0 Å². The third-order valence-corrected chi connectivity index (χ3v) is 5.81. The van der Waals surface area contributed by atoms with Gasteiger partial charge >= 0.3 is 0 Å². The first-order valence-electron chi connectivity index (χ1n) is 7.52. The monoisotopic (exact) mass is 365 g/mol. The molecule has 0 bridgehead atoms. The van der Waals surface area contributed by atoms with Crippen molar-refractivity contribution < 1.29 is 4.79 Å². The number of benzene rings is 2. The van der Waals surface area contributed by atoms with Crippen LogP contribution in [0.4, 0.5) is 0 Å². The molecule has 2 aromatic rings. The van der Waals surface area contributed by atoms with Gasteiger partial charge in [0.15, 0.2) is 0 Å². The molecular formula is C18H17Cl2NOS. The van der Waals surface area contributed by atoms with E-state index < -0.39 is 0 Å². The quantitative estimate of drug-likeness (QED) is 0.708. The predicted octanol–water partition coefficient (Wildman–Crippen LogP) is 5.06. The number of nitrogens with zero attached hydrogens (tertiary/aromatic N) is 1. The maximum atomic E-state index is 12.7. The minimum absolute atomic E-state index is 0.139. The fourth-order valence-corrected chi connectivity index (χ4v) is 4.24. The van der Waals surface area contributed by atoms with E-state index in [2.05, 4.69) is 18.2 Å². The zero-order chi connectivity index (χ0) is 16.4. The first-order chi connectivity index (χ1) is 11.0. The molecule has 0 saturated heterocycles. The second-order valence-electron chi connectivity index (χ2n) is 5.61. The number of carbonyl (C=O) groups excluding carboxylic acids is 1. The van der Waals surface area contributed by atoms with Gasteiger partial charge < -0.3 is 4.90 Å². The van der Waals surface area contributed by atoms with Gasteiger partial charge in [-0.3, -0.25) is 4.79 Å². The fraction of sp³-hybridized carbons (Fsp3) is 0.278. The first kappa shape index (κ1) is 16.7. The molecule has 1 amide bonds. The molecule has 0 unspecified atom stereocenters. The SMILES string of the molecule is C[C@H](Sc1cc(Cl)ccc1Cl)C(=O)N1CCc2ccccc2C1. The third-order valence-electron chi connectivity index (χ3n) is 3.99. The van der Waals surface area contributed by atoms with Crippen molar-refractivity contribution in [2.45, 2.75) is 30.0 Å². The van der Waals surface area contributed by atoms with Gasteiger partial charge in [-0.25, -0.2) is 0 Å². The average Bonchev–Trinajstić information content (AvgIpc) is 2.57. The van der Waals surface area contributed by atoms with E-state index >= 15 is 0 Å². The normalized spacial score (nSPS) is 15.2. The summed E-state index contributed by atoms with van der Waals surface area (Å²) in [4.78, 5) is 15.5. The number of fused-ring (bicyclic) bond motifs is 1. The van der Waals surface area contributed by atoms with E-state index in [0.717, 1.165) is 17.9 Å². The second kappa shape index (κ2) is 7.16. The van der Waals surface area contributed by atoms with Crippen LogP contribution < -0.4 is 0 Å². The van der Waals surface area contributed by atoms with Crippen LogP contribution in [-0.2, 0) is 17.8 Å². The summed E-state index contributed by atoms with van der Waals surface area (Å²) in [6.07, 6.45) is 0.914. The van der Waals surface area contributed by atoms with Crippen molar-refractivity contribution in [2.24, 2.45) is 0 Å². The van der Waals surface area contributed by atoms with E-state index in [4.69, 9.17) is 23.2 Å². The molecule has 0 radical (unpaired) electrons. The molecule has 1 atom stereocenters. The average molecular weight is 366 g/mol. The Balaban J connectivity index is 1.70. The van der Waals surface area contributed by atoms with Gasteiger partial charge in [0.05, 0.1) is 10.3 Å². The van der Waals surface area contributed by atoms with Crippen LogP contribution in [0.3, 0.4) is 0 Å². The summed E-state index contributed by atoms with van der Waals surface area (Å²) >= 11 is 13.7. The Labute approximate surface area is 150 Å². The Morgan fingerprint density at radius 2 is 1.91 bits per heavy atom. The van der Waals surface area contributed by atoms with Gasteiger partial charge in [0.25, 0.3) is 0 Å². The molecule has 5 heteroatoms. The maximum absolute atomic E-state index is 12.7. The molecule has 0 spiro atoms. The Hall–Kier alpha value is -1.16.